The van der Waals surface area contributed by atoms with Crippen LogP contribution in [-0.2, 0) is 21.1 Å². The van der Waals surface area contributed by atoms with Crippen LogP contribution in [0, 0.1) is 0 Å². The Labute approximate surface area is 64.3 Å². The largest absolute Gasteiger partial charge is 2.00 e. The summed E-state index contributed by atoms with van der Waals surface area (Å²) in [7, 11) is 0. The van der Waals surface area contributed by atoms with E-state index in [4.69, 9.17) is 11.5 Å². The Morgan fingerprint density at radius 3 is 1.50 bits per heavy atom. The summed E-state index contributed by atoms with van der Waals surface area (Å²) in [5, 5.41) is 0. The molecule has 50 valence electrons. The van der Waals surface area contributed by atoms with Gasteiger partial charge in [-0.25, -0.2) is 0 Å². The van der Waals surface area contributed by atoms with Crippen molar-refractivity contribution in [1.29, 1.82) is 0 Å². The van der Waals surface area contributed by atoms with Crippen molar-refractivity contribution >= 4 is 0 Å². The number of rotatable bonds is 0. The van der Waals surface area contributed by atoms with Crippen molar-refractivity contribution in [3.05, 3.63) is 0 Å². The third kappa shape index (κ3) is 2.25. The molecule has 1 aliphatic rings. The first-order chi connectivity index (χ1) is 3.21. The molecule has 0 aliphatic heterocycles. The molecule has 0 atom stereocenters. The summed E-state index contributed by atoms with van der Waals surface area (Å²) >= 11 is 0. The van der Waals surface area contributed by atoms with Crippen LogP contribution in [0.3, 0.4) is 0 Å². The third-order valence-electron chi connectivity index (χ3n) is 1.53. The first-order valence-corrected chi connectivity index (χ1v) is 2.78. The van der Waals surface area contributed by atoms with Crippen molar-refractivity contribution in [1.82, 2.24) is 0 Å². The zero-order chi connectivity index (χ0) is 5.33. The van der Waals surface area contributed by atoms with Gasteiger partial charge in [-0.05, 0) is 12.8 Å². The second-order valence-electron chi connectivity index (χ2n) is 2.44. The van der Waals surface area contributed by atoms with E-state index < -0.39 is 0 Å². The molecule has 0 spiro atoms. The Bertz CT molecular complexity index is 64.8. The summed E-state index contributed by atoms with van der Waals surface area (Å²) in [6.45, 7) is 0. The first kappa shape index (κ1) is 8.61. The second-order valence-corrected chi connectivity index (χ2v) is 2.44. The smallest absolute Gasteiger partial charge is 0.313 e. The van der Waals surface area contributed by atoms with Gasteiger partial charge in [-0.2, -0.15) is 0 Å². The van der Waals surface area contributed by atoms with Gasteiger partial charge in [-0.1, -0.05) is 12.8 Å². The standard InChI is InChI=1S/C5H12N2.Pt/c6-5(7)3-1-2-4-5;/h1-4,6-7H2;/q;+2. The fourth-order valence-corrected chi connectivity index (χ4v) is 1.03. The minimum atomic E-state index is -0.306. The topological polar surface area (TPSA) is 52.0 Å². The minimum absolute atomic E-state index is 0. The fraction of sp³-hybridized carbons (Fsp3) is 1.00. The zero-order valence-corrected chi connectivity index (χ0v) is 7.07. The molecular formula is C5H12N2Pt+2. The van der Waals surface area contributed by atoms with E-state index in [1.54, 1.807) is 0 Å². The van der Waals surface area contributed by atoms with Gasteiger partial charge in [0.1, 0.15) is 0 Å². The van der Waals surface area contributed by atoms with Crippen molar-refractivity contribution in [2.24, 2.45) is 11.5 Å². The molecule has 0 bridgehead atoms. The summed E-state index contributed by atoms with van der Waals surface area (Å²) in [4.78, 5) is 0. The predicted octanol–water partition coefficient (Wildman–Crippen LogP) is 0.172. The summed E-state index contributed by atoms with van der Waals surface area (Å²) in [6, 6.07) is 0. The van der Waals surface area contributed by atoms with Crippen LogP contribution >= 0.6 is 0 Å². The normalized spacial score (nSPS) is 24.8. The Hall–Kier alpha value is 0.608. The first-order valence-electron chi connectivity index (χ1n) is 2.78. The van der Waals surface area contributed by atoms with Gasteiger partial charge in [-0.15, -0.1) is 0 Å². The molecule has 2 nitrogen and oxygen atoms in total. The maximum absolute atomic E-state index is 5.56. The van der Waals surface area contributed by atoms with Crippen molar-refractivity contribution < 1.29 is 21.1 Å². The monoisotopic (exact) mass is 295 g/mol. The van der Waals surface area contributed by atoms with Gasteiger partial charge in [0.05, 0.1) is 5.66 Å². The van der Waals surface area contributed by atoms with Crippen LogP contribution in [0.5, 0.6) is 0 Å². The molecular weight excluding hydrogens is 283 g/mol. The molecule has 8 heavy (non-hydrogen) atoms. The molecule has 0 heterocycles. The second kappa shape index (κ2) is 2.95. The minimum Gasteiger partial charge on any atom is -0.313 e. The van der Waals surface area contributed by atoms with Crippen LogP contribution in [0.2, 0.25) is 0 Å². The summed E-state index contributed by atoms with van der Waals surface area (Å²) < 4.78 is 0. The predicted molar refractivity (Wildman–Crippen MR) is 29.6 cm³/mol. The van der Waals surface area contributed by atoms with E-state index in [0.29, 0.717) is 0 Å². The van der Waals surface area contributed by atoms with Crippen molar-refractivity contribution in [2.45, 2.75) is 31.3 Å². The quantitative estimate of drug-likeness (QED) is 0.626. The Kier molecular flexibility index (Phi) is 3.18. The number of nitrogens with two attached hydrogens (primary N) is 2. The average Bonchev–Trinajstić information content (AvgIpc) is 1.84. The van der Waals surface area contributed by atoms with Gasteiger partial charge in [-0.3, -0.25) is 0 Å². The van der Waals surface area contributed by atoms with Crippen LogP contribution in [0.15, 0.2) is 0 Å². The van der Waals surface area contributed by atoms with Gasteiger partial charge in [0.25, 0.3) is 0 Å². The van der Waals surface area contributed by atoms with Gasteiger partial charge in [0, 0.05) is 0 Å². The molecule has 0 aromatic heterocycles. The van der Waals surface area contributed by atoms with Crippen molar-refractivity contribution in [3.63, 3.8) is 0 Å². The Morgan fingerprint density at radius 2 is 1.38 bits per heavy atom. The van der Waals surface area contributed by atoms with E-state index >= 15 is 0 Å². The SMILES string of the molecule is NC1(N)CCCC1.[Pt+2]. The van der Waals surface area contributed by atoms with Crippen LogP contribution < -0.4 is 11.5 Å². The molecule has 4 N–H and O–H groups in total. The molecule has 0 radical (unpaired) electrons. The van der Waals surface area contributed by atoms with Gasteiger partial charge in [0.2, 0.25) is 0 Å². The molecule has 1 fully saturated rings. The maximum atomic E-state index is 5.56. The van der Waals surface area contributed by atoms with Crippen LogP contribution in [0.1, 0.15) is 25.7 Å². The summed E-state index contributed by atoms with van der Waals surface area (Å²) in [5.74, 6) is 0. The van der Waals surface area contributed by atoms with E-state index in [0.717, 1.165) is 12.8 Å². The van der Waals surface area contributed by atoms with Crippen molar-refractivity contribution in [2.75, 3.05) is 0 Å². The van der Waals surface area contributed by atoms with Crippen LogP contribution in [0.4, 0.5) is 0 Å². The Balaban J connectivity index is 0.000000490. The third-order valence-corrected chi connectivity index (χ3v) is 1.53. The van der Waals surface area contributed by atoms with E-state index in [2.05, 4.69) is 0 Å². The van der Waals surface area contributed by atoms with Gasteiger partial charge >= 0.3 is 21.1 Å². The molecule has 0 aromatic carbocycles. The summed E-state index contributed by atoms with van der Waals surface area (Å²) in [6.07, 6.45) is 4.44. The number of hydrogen-bond acceptors (Lipinski definition) is 2. The molecule has 0 saturated heterocycles. The van der Waals surface area contributed by atoms with E-state index in [1.165, 1.54) is 12.8 Å². The molecule has 1 aliphatic carbocycles. The zero-order valence-electron chi connectivity index (χ0n) is 4.80. The molecule has 0 amide bonds. The number of hydrogen-bond donors (Lipinski definition) is 2. The fourth-order valence-electron chi connectivity index (χ4n) is 1.03. The van der Waals surface area contributed by atoms with Crippen LogP contribution in [-0.4, -0.2) is 5.66 Å². The van der Waals surface area contributed by atoms with E-state index in [9.17, 15) is 0 Å². The molecule has 0 aromatic rings. The van der Waals surface area contributed by atoms with Crippen molar-refractivity contribution in [3.8, 4) is 0 Å². The maximum Gasteiger partial charge on any atom is 2.00 e. The van der Waals surface area contributed by atoms with E-state index in [-0.39, 0.29) is 26.7 Å². The molecule has 1 rings (SSSR count). The Morgan fingerprint density at radius 1 is 1.00 bits per heavy atom. The summed E-state index contributed by atoms with van der Waals surface area (Å²) in [5.41, 5.74) is 10.8. The molecule has 3 heteroatoms. The van der Waals surface area contributed by atoms with E-state index in [1.807, 2.05) is 0 Å². The molecule has 1 saturated carbocycles. The average molecular weight is 295 g/mol. The van der Waals surface area contributed by atoms with Gasteiger partial charge < -0.3 is 11.5 Å². The van der Waals surface area contributed by atoms with Crippen LogP contribution in [0.25, 0.3) is 0 Å². The van der Waals surface area contributed by atoms with Gasteiger partial charge in [0.15, 0.2) is 0 Å². The molecule has 0 unspecified atom stereocenters.